The first-order chi connectivity index (χ1) is 8.04. The number of nitrogens with one attached hydrogen (secondary N) is 1. The van der Waals surface area contributed by atoms with E-state index in [0.717, 1.165) is 18.6 Å². The highest BCUT2D eigenvalue weighted by Gasteiger charge is 2.16. The third-order valence-corrected chi connectivity index (χ3v) is 2.54. The fourth-order valence-corrected chi connectivity index (χ4v) is 1.69. The van der Waals surface area contributed by atoms with Gasteiger partial charge in [-0.15, -0.1) is 0 Å². The Bertz CT molecular complexity index is 445. The molecule has 1 atom stereocenters. The van der Waals surface area contributed by atoms with Crippen molar-refractivity contribution in [1.29, 1.82) is 0 Å². The highest BCUT2D eigenvalue weighted by Crippen LogP contribution is 2.21. The first-order valence-electron chi connectivity index (χ1n) is 5.77. The van der Waals surface area contributed by atoms with E-state index >= 15 is 0 Å². The van der Waals surface area contributed by atoms with Gasteiger partial charge in [0.05, 0.1) is 12.6 Å². The average molecular weight is 231 g/mol. The Balaban J connectivity index is 2.18. The van der Waals surface area contributed by atoms with Gasteiger partial charge in [-0.2, -0.15) is 5.48 Å². The number of hydroxylamine groups is 1. The summed E-state index contributed by atoms with van der Waals surface area (Å²) in [4.78, 5) is 5.14. The van der Waals surface area contributed by atoms with Crippen LogP contribution in [0.15, 0.2) is 24.3 Å². The lowest BCUT2D eigenvalue weighted by atomic mass is 10.0. The molecule has 2 N–H and O–H groups in total. The van der Waals surface area contributed by atoms with Crippen molar-refractivity contribution < 1.29 is 9.94 Å². The zero-order valence-electron chi connectivity index (χ0n) is 10.2. The SMILES string of the molecule is CC(C)(O)C#Cc1cccc([C@H]2CCON2)c1. The van der Waals surface area contributed by atoms with Crippen molar-refractivity contribution in [3.63, 3.8) is 0 Å². The predicted octanol–water partition coefficient (Wildman–Crippen LogP) is 1.77. The quantitative estimate of drug-likeness (QED) is 0.724. The predicted molar refractivity (Wildman–Crippen MR) is 66.1 cm³/mol. The van der Waals surface area contributed by atoms with Gasteiger partial charge in [0.15, 0.2) is 0 Å². The van der Waals surface area contributed by atoms with E-state index in [2.05, 4.69) is 23.4 Å². The van der Waals surface area contributed by atoms with Crippen molar-refractivity contribution in [2.24, 2.45) is 0 Å². The molecule has 0 aromatic heterocycles. The molecule has 0 unspecified atom stereocenters. The van der Waals surface area contributed by atoms with Crippen molar-refractivity contribution in [3.05, 3.63) is 35.4 Å². The van der Waals surface area contributed by atoms with Crippen LogP contribution < -0.4 is 5.48 Å². The van der Waals surface area contributed by atoms with E-state index in [1.54, 1.807) is 13.8 Å². The average Bonchev–Trinajstić information content (AvgIpc) is 2.79. The molecule has 0 amide bonds. The molecular formula is C14H17NO2. The number of hydrogen-bond acceptors (Lipinski definition) is 3. The molecule has 0 spiro atoms. The van der Waals surface area contributed by atoms with E-state index in [9.17, 15) is 5.11 Å². The summed E-state index contributed by atoms with van der Waals surface area (Å²) in [6.45, 7) is 4.09. The second-order valence-corrected chi connectivity index (χ2v) is 4.74. The minimum atomic E-state index is -0.954. The summed E-state index contributed by atoms with van der Waals surface area (Å²) < 4.78 is 0. The Morgan fingerprint density at radius 1 is 1.47 bits per heavy atom. The lowest BCUT2D eigenvalue weighted by Gasteiger charge is -2.09. The highest BCUT2D eigenvalue weighted by molar-refractivity contribution is 5.39. The van der Waals surface area contributed by atoms with Gasteiger partial charge in [0.2, 0.25) is 0 Å². The first kappa shape index (κ1) is 12.1. The third-order valence-electron chi connectivity index (χ3n) is 2.54. The van der Waals surface area contributed by atoms with Crippen LogP contribution in [-0.4, -0.2) is 17.3 Å². The Morgan fingerprint density at radius 2 is 2.29 bits per heavy atom. The lowest BCUT2D eigenvalue weighted by molar-refractivity contribution is 0.0883. The number of rotatable bonds is 1. The summed E-state index contributed by atoms with van der Waals surface area (Å²) in [6, 6.07) is 8.26. The van der Waals surface area contributed by atoms with Crippen LogP contribution in [0.1, 0.15) is 37.4 Å². The first-order valence-corrected chi connectivity index (χ1v) is 5.77. The molecule has 1 heterocycles. The van der Waals surface area contributed by atoms with Gasteiger partial charge < -0.3 is 9.94 Å². The summed E-state index contributed by atoms with van der Waals surface area (Å²) >= 11 is 0. The van der Waals surface area contributed by atoms with E-state index in [-0.39, 0.29) is 6.04 Å². The topological polar surface area (TPSA) is 41.5 Å². The molecule has 1 aliphatic rings. The van der Waals surface area contributed by atoms with E-state index < -0.39 is 5.60 Å². The zero-order chi connectivity index (χ0) is 12.3. The molecule has 0 saturated carbocycles. The van der Waals surface area contributed by atoms with Crippen LogP contribution >= 0.6 is 0 Å². The second-order valence-electron chi connectivity index (χ2n) is 4.74. The summed E-state index contributed by atoms with van der Waals surface area (Å²) in [5, 5.41) is 9.55. The van der Waals surface area contributed by atoms with Crippen molar-refractivity contribution in [2.45, 2.75) is 31.9 Å². The summed E-state index contributed by atoms with van der Waals surface area (Å²) in [5.74, 6) is 5.79. The Kier molecular flexibility index (Phi) is 3.49. The molecule has 17 heavy (non-hydrogen) atoms. The van der Waals surface area contributed by atoms with Crippen LogP contribution in [0.5, 0.6) is 0 Å². The van der Waals surface area contributed by atoms with E-state index in [0.29, 0.717) is 0 Å². The van der Waals surface area contributed by atoms with Crippen LogP contribution in [0.4, 0.5) is 0 Å². The van der Waals surface area contributed by atoms with Gasteiger partial charge in [0, 0.05) is 5.56 Å². The van der Waals surface area contributed by atoms with Gasteiger partial charge in [-0.3, -0.25) is 0 Å². The van der Waals surface area contributed by atoms with Crippen LogP contribution in [0.3, 0.4) is 0 Å². The van der Waals surface area contributed by atoms with Crippen molar-refractivity contribution in [3.8, 4) is 11.8 Å². The summed E-state index contributed by atoms with van der Waals surface area (Å²) in [6.07, 6.45) is 0.975. The Morgan fingerprint density at radius 3 is 2.94 bits per heavy atom. The third kappa shape index (κ3) is 3.57. The molecule has 1 aliphatic heterocycles. The summed E-state index contributed by atoms with van der Waals surface area (Å²) in [5.41, 5.74) is 4.11. The molecule has 0 aliphatic carbocycles. The molecule has 90 valence electrons. The largest absolute Gasteiger partial charge is 0.378 e. The van der Waals surface area contributed by atoms with Gasteiger partial charge in [-0.1, -0.05) is 24.0 Å². The molecule has 1 saturated heterocycles. The fraction of sp³-hybridized carbons (Fsp3) is 0.429. The standard InChI is InChI=1S/C14H17NO2/c1-14(2,16)8-6-11-4-3-5-12(10-11)13-7-9-17-15-13/h3-5,10,13,15-16H,7,9H2,1-2H3/t13-/m1/s1. The molecule has 0 bridgehead atoms. The van der Waals surface area contributed by atoms with Gasteiger partial charge >= 0.3 is 0 Å². The van der Waals surface area contributed by atoms with Crippen LogP contribution in [0.2, 0.25) is 0 Å². The van der Waals surface area contributed by atoms with Gasteiger partial charge in [0.25, 0.3) is 0 Å². The Hall–Kier alpha value is -1.34. The van der Waals surface area contributed by atoms with Crippen LogP contribution in [-0.2, 0) is 4.84 Å². The smallest absolute Gasteiger partial charge is 0.120 e. The number of aliphatic hydroxyl groups is 1. The maximum Gasteiger partial charge on any atom is 0.120 e. The Labute approximate surface area is 102 Å². The molecule has 3 heteroatoms. The van der Waals surface area contributed by atoms with Crippen molar-refractivity contribution in [2.75, 3.05) is 6.61 Å². The minimum Gasteiger partial charge on any atom is -0.378 e. The minimum absolute atomic E-state index is 0.249. The monoisotopic (exact) mass is 231 g/mol. The fourth-order valence-electron chi connectivity index (χ4n) is 1.69. The number of benzene rings is 1. The zero-order valence-corrected chi connectivity index (χ0v) is 10.2. The second kappa shape index (κ2) is 4.89. The molecule has 1 fully saturated rings. The van der Waals surface area contributed by atoms with Gasteiger partial charge in [-0.05, 0) is 38.0 Å². The number of hydrogen-bond donors (Lipinski definition) is 2. The van der Waals surface area contributed by atoms with Crippen molar-refractivity contribution in [1.82, 2.24) is 5.48 Å². The molecule has 0 radical (unpaired) electrons. The molecule has 1 aromatic rings. The van der Waals surface area contributed by atoms with Gasteiger partial charge in [-0.25, -0.2) is 0 Å². The molecule has 2 rings (SSSR count). The summed E-state index contributed by atoms with van der Waals surface area (Å²) in [7, 11) is 0. The van der Waals surface area contributed by atoms with E-state index in [1.807, 2.05) is 18.2 Å². The van der Waals surface area contributed by atoms with Crippen LogP contribution in [0, 0.1) is 11.8 Å². The van der Waals surface area contributed by atoms with Crippen LogP contribution in [0.25, 0.3) is 0 Å². The lowest BCUT2D eigenvalue weighted by Crippen LogP contribution is -2.14. The van der Waals surface area contributed by atoms with Gasteiger partial charge in [0.1, 0.15) is 5.60 Å². The molecule has 3 nitrogen and oxygen atoms in total. The van der Waals surface area contributed by atoms with E-state index in [1.165, 1.54) is 5.56 Å². The van der Waals surface area contributed by atoms with Crippen molar-refractivity contribution >= 4 is 0 Å². The normalized spacial score (nSPS) is 19.8. The highest BCUT2D eigenvalue weighted by atomic mass is 16.7. The maximum absolute atomic E-state index is 9.55. The molecular weight excluding hydrogens is 214 g/mol. The van der Waals surface area contributed by atoms with E-state index in [4.69, 9.17) is 4.84 Å². The maximum atomic E-state index is 9.55. The molecule has 1 aromatic carbocycles.